The Bertz CT molecular complexity index is 1010. The Morgan fingerprint density at radius 1 is 0.929 bits per heavy atom. The van der Waals surface area contributed by atoms with Crippen LogP contribution in [0, 0.1) is 6.92 Å². The van der Waals surface area contributed by atoms with E-state index in [9.17, 15) is 4.79 Å². The van der Waals surface area contributed by atoms with Gasteiger partial charge >= 0.3 is 0 Å². The summed E-state index contributed by atoms with van der Waals surface area (Å²) in [6.07, 6.45) is 3.60. The molecule has 0 radical (unpaired) electrons. The molecular weight excluding hydrogens is 360 g/mol. The molecule has 1 heterocycles. The first kappa shape index (κ1) is 19.7. The minimum Gasteiger partial charge on any atom is -0.467 e. The Hall–Kier alpha value is -3.09. The molecule has 0 N–H and O–H groups in total. The van der Waals surface area contributed by atoms with E-state index in [2.05, 4.69) is 0 Å². The van der Waals surface area contributed by atoms with Gasteiger partial charge in [-0.3, -0.25) is 4.79 Å². The molecule has 0 saturated heterocycles. The predicted molar refractivity (Wildman–Crippen MR) is 108 cm³/mol. The Morgan fingerprint density at radius 2 is 1.57 bits per heavy atom. The lowest BCUT2D eigenvalue weighted by Gasteiger charge is -2.10. The van der Waals surface area contributed by atoms with Gasteiger partial charge in [-0.1, -0.05) is 18.2 Å². The van der Waals surface area contributed by atoms with Crippen LogP contribution < -0.4 is 14.9 Å². The highest BCUT2D eigenvalue weighted by Crippen LogP contribution is 2.25. The van der Waals surface area contributed by atoms with Gasteiger partial charge in [0.15, 0.2) is 19.0 Å². The van der Waals surface area contributed by atoms with E-state index >= 15 is 0 Å². The lowest BCUT2D eigenvalue weighted by atomic mass is 10.1. The Labute approximate surface area is 162 Å². The zero-order valence-corrected chi connectivity index (χ0v) is 16.1. The number of ether oxygens (including phenoxy) is 4. The summed E-state index contributed by atoms with van der Waals surface area (Å²) in [6, 6.07) is 12.6. The van der Waals surface area contributed by atoms with Gasteiger partial charge in [0.05, 0.1) is 5.39 Å². The minimum atomic E-state index is -0.0391. The monoisotopic (exact) mass is 382 g/mol. The normalized spacial score (nSPS) is 11.2. The van der Waals surface area contributed by atoms with Crippen molar-refractivity contribution in [2.24, 2.45) is 0 Å². The minimum absolute atomic E-state index is 0.0391. The van der Waals surface area contributed by atoms with E-state index in [1.807, 2.05) is 30.3 Å². The Morgan fingerprint density at radius 3 is 2.21 bits per heavy atom. The van der Waals surface area contributed by atoms with Crippen molar-refractivity contribution in [3.63, 3.8) is 0 Å². The molecule has 0 bridgehead atoms. The summed E-state index contributed by atoms with van der Waals surface area (Å²) in [7, 11) is 3.10. The maximum atomic E-state index is 12.5. The van der Waals surface area contributed by atoms with E-state index in [0.29, 0.717) is 33.8 Å². The van der Waals surface area contributed by atoms with Crippen LogP contribution in [0.25, 0.3) is 23.1 Å². The van der Waals surface area contributed by atoms with Gasteiger partial charge in [-0.2, -0.15) is 0 Å². The van der Waals surface area contributed by atoms with Gasteiger partial charge in [-0.25, -0.2) is 0 Å². The standard InChI is InChI=1S/C22H22O6/c1-15-20(28-21-7-5-4-6-19(21)22(15)23)9-8-16-10-17(26-13-24-2)12-18(11-16)27-14-25-3/h4-12H,13-14H2,1-3H3/b9-8+. The summed E-state index contributed by atoms with van der Waals surface area (Å²) in [5, 5.41) is 0.572. The molecular formula is C22H22O6. The third-order valence-corrected chi connectivity index (χ3v) is 4.08. The number of methoxy groups -OCH3 is 2. The summed E-state index contributed by atoms with van der Waals surface area (Å²) in [4.78, 5) is 12.5. The van der Waals surface area contributed by atoms with Gasteiger partial charge in [0.1, 0.15) is 22.8 Å². The van der Waals surface area contributed by atoms with Crippen molar-refractivity contribution in [1.29, 1.82) is 0 Å². The molecule has 0 aliphatic heterocycles. The second kappa shape index (κ2) is 9.21. The van der Waals surface area contributed by atoms with Gasteiger partial charge in [0.2, 0.25) is 0 Å². The van der Waals surface area contributed by atoms with Crippen molar-refractivity contribution in [2.45, 2.75) is 6.92 Å². The van der Waals surface area contributed by atoms with Crippen LogP contribution >= 0.6 is 0 Å². The number of hydrogen-bond donors (Lipinski definition) is 0. The van der Waals surface area contributed by atoms with E-state index < -0.39 is 0 Å². The molecule has 6 nitrogen and oxygen atoms in total. The number of para-hydroxylation sites is 1. The molecule has 146 valence electrons. The highest BCUT2D eigenvalue weighted by Gasteiger charge is 2.08. The summed E-state index contributed by atoms with van der Waals surface area (Å²) in [6.45, 7) is 1.99. The molecule has 1 aromatic heterocycles. The summed E-state index contributed by atoms with van der Waals surface area (Å²) in [5.74, 6) is 1.69. The largest absolute Gasteiger partial charge is 0.467 e. The molecule has 3 rings (SSSR count). The first-order valence-corrected chi connectivity index (χ1v) is 8.71. The van der Waals surface area contributed by atoms with E-state index in [0.717, 1.165) is 5.56 Å². The van der Waals surface area contributed by atoms with Crippen LogP contribution in [-0.2, 0) is 9.47 Å². The van der Waals surface area contributed by atoms with E-state index in [1.165, 1.54) is 0 Å². The van der Waals surface area contributed by atoms with Gasteiger partial charge in [-0.15, -0.1) is 0 Å². The van der Waals surface area contributed by atoms with E-state index in [1.54, 1.807) is 45.4 Å². The third-order valence-electron chi connectivity index (χ3n) is 4.08. The second-order valence-corrected chi connectivity index (χ2v) is 6.09. The van der Waals surface area contributed by atoms with Crippen LogP contribution in [0.15, 0.2) is 51.7 Å². The van der Waals surface area contributed by atoms with Crippen LogP contribution in [0.4, 0.5) is 0 Å². The van der Waals surface area contributed by atoms with Crippen LogP contribution in [0.5, 0.6) is 11.5 Å². The average Bonchev–Trinajstić information content (AvgIpc) is 2.72. The number of hydrogen-bond acceptors (Lipinski definition) is 6. The van der Waals surface area contributed by atoms with Crippen molar-refractivity contribution in [1.82, 2.24) is 0 Å². The van der Waals surface area contributed by atoms with Crippen LogP contribution in [-0.4, -0.2) is 27.8 Å². The second-order valence-electron chi connectivity index (χ2n) is 6.09. The number of fused-ring (bicyclic) bond motifs is 1. The highest BCUT2D eigenvalue weighted by molar-refractivity contribution is 5.79. The molecule has 3 aromatic rings. The number of rotatable bonds is 8. The van der Waals surface area contributed by atoms with Crippen molar-refractivity contribution < 1.29 is 23.4 Å². The quantitative estimate of drug-likeness (QED) is 0.543. The fourth-order valence-corrected chi connectivity index (χ4v) is 2.69. The molecule has 0 fully saturated rings. The van der Waals surface area contributed by atoms with Crippen molar-refractivity contribution in [3.05, 3.63) is 69.6 Å². The van der Waals surface area contributed by atoms with Crippen molar-refractivity contribution >= 4 is 23.1 Å². The van der Waals surface area contributed by atoms with E-state index in [4.69, 9.17) is 23.4 Å². The molecule has 0 aliphatic carbocycles. The molecule has 2 aromatic carbocycles. The predicted octanol–water partition coefficient (Wildman–Crippen LogP) is 4.24. The number of benzene rings is 2. The fraction of sp³-hybridized carbons (Fsp3) is 0.227. The lowest BCUT2D eigenvalue weighted by Crippen LogP contribution is -2.06. The highest BCUT2D eigenvalue weighted by atomic mass is 16.7. The molecule has 0 saturated carbocycles. The zero-order valence-electron chi connectivity index (χ0n) is 16.1. The van der Waals surface area contributed by atoms with Gasteiger partial charge in [-0.05, 0) is 42.8 Å². The molecule has 28 heavy (non-hydrogen) atoms. The molecule has 6 heteroatoms. The third kappa shape index (κ3) is 4.60. The molecule has 0 amide bonds. The average molecular weight is 382 g/mol. The molecule has 0 atom stereocenters. The van der Waals surface area contributed by atoms with Crippen LogP contribution in [0.1, 0.15) is 16.9 Å². The smallest absolute Gasteiger partial charge is 0.196 e. The van der Waals surface area contributed by atoms with Gasteiger partial charge < -0.3 is 23.4 Å². The zero-order chi connectivity index (χ0) is 19.9. The molecule has 0 unspecified atom stereocenters. The fourth-order valence-electron chi connectivity index (χ4n) is 2.69. The maximum absolute atomic E-state index is 12.5. The van der Waals surface area contributed by atoms with Crippen LogP contribution in [0.2, 0.25) is 0 Å². The van der Waals surface area contributed by atoms with Crippen LogP contribution in [0.3, 0.4) is 0 Å². The topological polar surface area (TPSA) is 67.1 Å². The Kier molecular flexibility index (Phi) is 6.47. The van der Waals surface area contributed by atoms with Crippen molar-refractivity contribution in [3.8, 4) is 11.5 Å². The summed E-state index contributed by atoms with van der Waals surface area (Å²) < 4.78 is 26.8. The van der Waals surface area contributed by atoms with Gasteiger partial charge in [0, 0.05) is 25.8 Å². The maximum Gasteiger partial charge on any atom is 0.196 e. The summed E-state index contributed by atoms with van der Waals surface area (Å²) in [5.41, 5.74) is 1.88. The SMILES string of the molecule is COCOc1cc(/C=C/c2oc3ccccc3c(=O)c2C)cc(OCOC)c1. The van der Waals surface area contributed by atoms with Gasteiger partial charge in [0.25, 0.3) is 0 Å². The van der Waals surface area contributed by atoms with E-state index in [-0.39, 0.29) is 19.0 Å². The van der Waals surface area contributed by atoms with Crippen molar-refractivity contribution in [2.75, 3.05) is 27.8 Å². The first-order valence-electron chi connectivity index (χ1n) is 8.71. The molecule has 0 aliphatic rings. The molecule has 0 spiro atoms. The summed E-state index contributed by atoms with van der Waals surface area (Å²) >= 11 is 0. The first-order chi connectivity index (χ1) is 13.6. The lowest BCUT2D eigenvalue weighted by molar-refractivity contribution is 0.0460. The Balaban J connectivity index is 1.95.